The molecule has 76 valence electrons. The van der Waals surface area contributed by atoms with Crippen molar-refractivity contribution in [3.05, 3.63) is 29.6 Å². The van der Waals surface area contributed by atoms with Crippen LogP contribution in [0.1, 0.15) is 18.0 Å². The quantitative estimate of drug-likeness (QED) is 0.705. The van der Waals surface area contributed by atoms with Gasteiger partial charge in [-0.05, 0) is 6.07 Å². The summed E-state index contributed by atoms with van der Waals surface area (Å²) < 4.78 is 18.2. The lowest BCUT2D eigenvalue weighted by atomic mass is 9.97. The Kier molecular flexibility index (Phi) is 2.39. The minimum Gasteiger partial charge on any atom is -0.488 e. The van der Waals surface area contributed by atoms with Crippen LogP contribution in [-0.4, -0.2) is 17.8 Å². The summed E-state index contributed by atoms with van der Waals surface area (Å²) in [5.41, 5.74) is 6.65. The third-order valence-electron chi connectivity index (χ3n) is 2.39. The molecule has 0 amide bonds. The van der Waals surface area contributed by atoms with Crippen molar-refractivity contribution in [3.63, 3.8) is 0 Å². The molecule has 1 aliphatic heterocycles. The second-order valence-corrected chi connectivity index (χ2v) is 3.45. The van der Waals surface area contributed by atoms with Crippen LogP contribution in [0, 0.1) is 5.82 Å². The minimum absolute atomic E-state index is 0.0936. The molecule has 4 heteroatoms. The highest BCUT2D eigenvalue weighted by molar-refractivity contribution is 5.38. The number of halogens is 1. The Labute approximate surface area is 81.3 Å². The predicted octanol–water partition coefficient (Wildman–Crippen LogP) is 0.969. The number of nitrogens with two attached hydrogens (primary N) is 1. The molecule has 0 saturated heterocycles. The zero-order chi connectivity index (χ0) is 10.1. The van der Waals surface area contributed by atoms with Crippen molar-refractivity contribution in [2.75, 3.05) is 6.61 Å². The molecule has 14 heavy (non-hydrogen) atoms. The average molecular weight is 197 g/mol. The van der Waals surface area contributed by atoms with Crippen molar-refractivity contribution >= 4 is 0 Å². The summed E-state index contributed by atoms with van der Waals surface area (Å²) >= 11 is 0. The van der Waals surface area contributed by atoms with Crippen LogP contribution in [0.3, 0.4) is 0 Å². The van der Waals surface area contributed by atoms with Crippen LogP contribution < -0.4 is 10.5 Å². The maximum Gasteiger partial charge on any atom is 0.127 e. The van der Waals surface area contributed by atoms with Gasteiger partial charge in [-0.1, -0.05) is 6.07 Å². The monoisotopic (exact) mass is 197 g/mol. The predicted molar refractivity (Wildman–Crippen MR) is 49.4 cm³/mol. The van der Waals surface area contributed by atoms with Gasteiger partial charge < -0.3 is 15.6 Å². The van der Waals surface area contributed by atoms with Gasteiger partial charge in [-0.2, -0.15) is 0 Å². The van der Waals surface area contributed by atoms with E-state index in [2.05, 4.69) is 0 Å². The molecule has 3 N–H and O–H groups in total. The molecule has 0 aromatic heterocycles. The van der Waals surface area contributed by atoms with E-state index in [1.165, 1.54) is 12.1 Å². The van der Waals surface area contributed by atoms with Gasteiger partial charge in [0, 0.05) is 24.1 Å². The fraction of sp³-hybridized carbons (Fsp3) is 0.400. The van der Waals surface area contributed by atoms with Crippen LogP contribution >= 0.6 is 0 Å². The Morgan fingerprint density at radius 1 is 1.57 bits per heavy atom. The van der Waals surface area contributed by atoms with Gasteiger partial charge >= 0.3 is 0 Å². The molecule has 0 bridgehead atoms. The van der Waals surface area contributed by atoms with E-state index < -0.39 is 0 Å². The smallest absolute Gasteiger partial charge is 0.127 e. The van der Waals surface area contributed by atoms with Crippen LogP contribution in [0.15, 0.2) is 18.2 Å². The molecule has 1 aliphatic rings. The highest BCUT2D eigenvalue weighted by Gasteiger charge is 2.25. The topological polar surface area (TPSA) is 55.5 Å². The van der Waals surface area contributed by atoms with E-state index in [0.717, 1.165) is 5.56 Å². The van der Waals surface area contributed by atoms with Crippen LogP contribution in [0.4, 0.5) is 4.39 Å². The maximum atomic E-state index is 12.9. The summed E-state index contributed by atoms with van der Waals surface area (Å²) in [6, 6.07) is 4.11. The summed E-state index contributed by atoms with van der Waals surface area (Å²) in [4.78, 5) is 0. The van der Waals surface area contributed by atoms with E-state index in [1.54, 1.807) is 6.07 Å². The van der Waals surface area contributed by atoms with E-state index in [9.17, 15) is 4.39 Å². The Morgan fingerprint density at radius 3 is 3.07 bits per heavy atom. The minimum atomic E-state index is -0.352. The zero-order valence-corrected chi connectivity index (χ0v) is 7.61. The summed E-state index contributed by atoms with van der Waals surface area (Å²) in [5.74, 6) is 0.0948. The molecule has 3 nitrogen and oxygen atoms in total. The summed E-state index contributed by atoms with van der Waals surface area (Å²) in [6.45, 7) is -0.0936. The SMILES string of the molecule is NC1CC(CO)Oc2cc(F)ccc21. The molecule has 1 heterocycles. The number of fused-ring (bicyclic) bond motifs is 1. The highest BCUT2D eigenvalue weighted by Crippen LogP contribution is 2.33. The molecule has 0 saturated carbocycles. The summed E-state index contributed by atoms with van der Waals surface area (Å²) in [7, 11) is 0. The van der Waals surface area contributed by atoms with Gasteiger partial charge in [-0.15, -0.1) is 0 Å². The molecule has 0 fully saturated rings. The third-order valence-corrected chi connectivity index (χ3v) is 2.39. The molecular formula is C10H12FNO2. The largest absolute Gasteiger partial charge is 0.488 e. The zero-order valence-electron chi connectivity index (χ0n) is 7.61. The maximum absolute atomic E-state index is 12.9. The Bertz CT molecular complexity index is 343. The second kappa shape index (κ2) is 3.55. The molecule has 2 atom stereocenters. The fourth-order valence-corrected chi connectivity index (χ4v) is 1.67. The van der Waals surface area contributed by atoms with E-state index in [0.29, 0.717) is 12.2 Å². The van der Waals surface area contributed by atoms with Gasteiger partial charge in [0.15, 0.2) is 0 Å². The van der Waals surface area contributed by atoms with Crippen LogP contribution in [0.25, 0.3) is 0 Å². The van der Waals surface area contributed by atoms with Crippen molar-refractivity contribution < 1.29 is 14.2 Å². The first-order chi connectivity index (χ1) is 6.70. The first kappa shape index (κ1) is 9.43. The number of rotatable bonds is 1. The van der Waals surface area contributed by atoms with Crippen LogP contribution in [0.2, 0.25) is 0 Å². The molecule has 0 radical (unpaired) electrons. The summed E-state index contributed by atoms with van der Waals surface area (Å²) in [5, 5.41) is 8.93. The van der Waals surface area contributed by atoms with Crippen molar-refractivity contribution in [3.8, 4) is 5.75 Å². The first-order valence-corrected chi connectivity index (χ1v) is 4.53. The van der Waals surface area contributed by atoms with Crippen LogP contribution in [0.5, 0.6) is 5.75 Å². The number of aliphatic hydroxyl groups is 1. The Morgan fingerprint density at radius 2 is 2.36 bits per heavy atom. The van der Waals surface area contributed by atoms with E-state index >= 15 is 0 Å². The first-order valence-electron chi connectivity index (χ1n) is 4.53. The van der Waals surface area contributed by atoms with Gasteiger partial charge in [0.1, 0.15) is 17.7 Å². The highest BCUT2D eigenvalue weighted by atomic mass is 19.1. The molecule has 2 unspecified atom stereocenters. The lowest BCUT2D eigenvalue weighted by Crippen LogP contribution is -2.32. The number of ether oxygens (including phenoxy) is 1. The van der Waals surface area contributed by atoms with Crippen molar-refractivity contribution in [1.82, 2.24) is 0 Å². The Hall–Kier alpha value is -1.13. The lowest BCUT2D eigenvalue weighted by molar-refractivity contribution is 0.0884. The van der Waals surface area contributed by atoms with Gasteiger partial charge in [0.2, 0.25) is 0 Å². The molecule has 0 aliphatic carbocycles. The van der Waals surface area contributed by atoms with Gasteiger partial charge in [0.25, 0.3) is 0 Å². The standard InChI is InChI=1S/C10H12FNO2/c11-6-1-2-8-9(12)4-7(5-13)14-10(8)3-6/h1-3,7,9,13H,4-5,12H2. The average Bonchev–Trinajstić information content (AvgIpc) is 2.16. The van der Waals surface area contributed by atoms with Crippen molar-refractivity contribution in [1.29, 1.82) is 0 Å². The lowest BCUT2D eigenvalue weighted by Gasteiger charge is -2.29. The van der Waals surface area contributed by atoms with Crippen LogP contribution in [-0.2, 0) is 0 Å². The molecule has 0 spiro atoms. The summed E-state index contributed by atoms with van der Waals surface area (Å²) in [6.07, 6.45) is 0.245. The van der Waals surface area contributed by atoms with Crippen molar-refractivity contribution in [2.45, 2.75) is 18.6 Å². The van der Waals surface area contributed by atoms with Crippen molar-refractivity contribution in [2.24, 2.45) is 5.73 Å². The molecule has 2 rings (SSSR count). The van der Waals surface area contributed by atoms with E-state index in [-0.39, 0.29) is 24.6 Å². The van der Waals surface area contributed by atoms with E-state index in [4.69, 9.17) is 15.6 Å². The van der Waals surface area contributed by atoms with Gasteiger partial charge in [-0.3, -0.25) is 0 Å². The number of aliphatic hydroxyl groups excluding tert-OH is 1. The Balaban J connectivity index is 2.35. The van der Waals surface area contributed by atoms with E-state index in [1.807, 2.05) is 0 Å². The van der Waals surface area contributed by atoms with Gasteiger partial charge in [0.05, 0.1) is 6.61 Å². The third kappa shape index (κ3) is 1.58. The normalized spacial score (nSPS) is 25.4. The second-order valence-electron chi connectivity index (χ2n) is 3.45. The van der Waals surface area contributed by atoms with Gasteiger partial charge in [-0.25, -0.2) is 4.39 Å². The number of hydrogen-bond donors (Lipinski definition) is 2. The molecule has 1 aromatic carbocycles. The number of hydrogen-bond acceptors (Lipinski definition) is 3. The molecular weight excluding hydrogens is 185 g/mol. The fourth-order valence-electron chi connectivity index (χ4n) is 1.67. The number of benzene rings is 1. The molecule has 1 aromatic rings.